The van der Waals surface area contributed by atoms with Gasteiger partial charge >= 0.3 is 0 Å². The molecule has 1 aliphatic heterocycles. The second-order valence-electron chi connectivity index (χ2n) is 10.5. The largest absolute Gasteiger partial charge is 0.456 e. The molecule has 4 aromatic carbocycles. The standard InChI is InChI=1S/C35H33NO5S/c1-2-3-15-29-30-22-27(25-11-6-4-7-12-25)16-18-32(30)40-34(29)24-35-36(20-10-21-42(37,38)39)31-23-28(17-19-33(31)41-35)26-13-8-5-9-14-26/h4-9,11-14,16-19,22-24H,2-3,10,15,20-21H2,1H3,(H,37,38,39)/b35-24-. The highest BCUT2D eigenvalue weighted by Gasteiger charge is 2.28. The SMILES string of the molecule is CCCCc1c(/C=C2\Oc3ccc(-c4ccccc4)cc3N2CCCS(=O)(=O)O)oc2ccc(-c3ccccc3)cc12. The summed E-state index contributed by atoms with van der Waals surface area (Å²) in [6.45, 7) is 2.52. The van der Waals surface area contributed by atoms with Crippen LogP contribution in [0.5, 0.6) is 5.75 Å². The van der Waals surface area contributed by atoms with Crippen molar-refractivity contribution in [3.8, 4) is 28.0 Å². The molecular formula is C35H33NO5S. The fourth-order valence-electron chi connectivity index (χ4n) is 5.47. The Morgan fingerprint density at radius 3 is 2.14 bits per heavy atom. The van der Waals surface area contributed by atoms with Crippen molar-refractivity contribution in [2.75, 3.05) is 17.2 Å². The molecule has 0 amide bonds. The lowest BCUT2D eigenvalue weighted by atomic mass is 9.99. The Balaban J connectivity index is 1.42. The summed E-state index contributed by atoms with van der Waals surface area (Å²) in [4.78, 5) is 1.97. The molecule has 1 aliphatic rings. The second kappa shape index (κ2) is 11.9. The number of anilines is 1. The molecule has 42 heavy (non-hydrogen) atoms. The van der Waals surface area contributed by atoms with Crippen LogP contribution in [0.4, 0.5) is 5.69 Å². The molecule has 5 aromatic rings. The van der Waals surface area contributed by atoms with Crippen molar-refractivity contribution in [2.24, 2.45) is 0 Å². The van der Waals surface area contributed by atoms with E-state index >= 15 is 0 Å². The first-order valence-electron chi connectivity index (χ1n) is 14.3. The Morgan fingerprint density at radius 1 is 0.810 bits per heavy atom. The predicted octanol–water partition coefficient (Wildman–Crippen LogP) is 8.58. The minimum Gasteiger partial charge on any atom is -0.456 e. The third-order valence-corrected chi connectivity index (χ3v) is 8.39. The number of hydrogen-bond acceptors (Lipinski definition) is 5. The maximum atomic E-state index is 11.5. The van der Waals surface area contributed by atoms with E-state index in [1.807, 2.05) is 65.6 Å². The molecule has 0 unspecified atom stereocenters. The summed E-state index contributed by atoms with van der Waals surface area (Å²) >= 11 is 0. The third kappa shape index (κ3) is 5.98. The average molecular weight is 580 g/mol. The number of fused-ring (bicyclic) bond motifs is 2. The normalized spacial score (nSPS) is 14.0. The van der Waals surface area contributed by atoms with Gasteiger partial charge in [0.25, 0.3) is 10.1 Å². The molecule has 6 nitrogen and oxygen atoms in total. The number of aryl methyl sites for hydroxylation is 1. The smallest absolute Gasteiger partial charge is 0.264 e. The van der Waals surface area contributed by atoms with Crippen LogP contribution in [0.1, 0.15) is 37.5 Å². The van der Waals surface area contributed by atoms with Gasteiger partial charge in [0.1, 0.15) is 11.3 Å². The van der Waals surface area contributed by atoms with Gasteiger partial charge in [-0.1, -0.05) is 86.1 Å². The molecule has 1 aromatic heterocycles. The van der Waals surface area contributed by atoms with Crippen molar-refractivity contribution in [1.29, 1.82) is 0 Å². The van der Waals surface area contributed by atoms with E-state index in [0.29, 0.717) is 18.2 Å². The summed E-state index contributed by atoms with van der Waals surface area (Å²) in [5.41, 5.74) is 7.16. The first-order chi connectivity index (χ1) is 20.4. The highest BCUT2D eigenvalue weighted by atomic mass is 32.2. The monoisotopic (exact) mass is 579 g/mol. The Kier molecular flexibility index (Phi) is 7.87. The van der Waals surface area contributed by atoms with E-state index in [1.54, 1.807) is 0 Å². The van der Waals surface area contributed by atoms with E-state index in [-0.39, 0.29) is 12.2 Å². The molecule has 0 saturated heterocycles. The maximum Gasteiger partial charge on any atom is 0.264 e. The Hall–Kier alpha value is -4.33. The zero-order valence-corrected chi connectivity index (χ0v) is 24.3. The molecule has 2 heterocycles. The van der Waals surface area contributed by atoms with Gasteiger partial charge in [0.05, 0.1) is 11.4 Å². The van der Waals surface area contributed by atoms with E-state index in [0.717, 1.165) is 69.5 Å². The third-order valence-electron chi connectivity index (χ3n) is 7.59. The van der Waals surface area contributed by atoms with E-state index < -0.39 is 10.1 Å². The summed E-state index contributed by atoms with van der Waals surface area (Å²) in [7, 11) is -4.09. The van der Waals surface area contributed by atoms with Gasteiger partial charge in [-0.25, -0.2) is 0 Å². The number of hydrogen-bond donors (Lipinski definition) is 1. The summed E-state index contributed by atoms with van der Waals surface area (Å²) < 4.78 is 45.2. The summed E-state index contributed by atoms with van der Waals surface area (Å²) in [5, 5.41) is 1.08. The molecule has 0 bridgehead atoms. The molecular weight excluding hydrogens is 546 g/mol. The number of nitrogens with zero attached hydrogens (tertiary/aromatic N) is 1. The summed E-state index contributed by atoms with van der Waals surface area (Å²) in [5.74, 6) is 1.64. The van der Waals surface area contributed by atoms with Crippen molar-refractivity contribution < 1.29 is 22.1 Å². The van der Waals surface area contributed by atoms with Crippen LogP contribution in [-0.2, 0) is 16.5 Å². The highest BCUT2D eigenvalue weighted by Crippen LogP contribution is 2.43. The predicted molar refractivity (Wildman–Crippen MR) is 169 cm³/mol. The molecule has 214 valence electrons. The zero-order valence-electron chi connectivity index (χ0n) is 23.5. The van der Waals surface area contributed by atoms with Gasteiger partial charge in [0, 0.05) is 23.6 Å². The van der Waals surface area contributed by atoms with Crippen LogP contribution in [-0.4, -0.2) is 25.3 Å². The molecule has 0 aliphatic carbocycles. The van der Waals surface area contributed by atoms with Gasteiger partial charge < -0.3 is 14.1 Å². The fourth-order valence-corrected chi connectivity index (χ4v) is 5.97. The van der Waals surface area contributed by atoms with E-state index in [9.17, 15) is 13.0 Å². The van der Waals surface area contributed by atoms with Gasteiger partial charge in [-0.2, -0.15) is 8.42 Å². The van der Waals surface area contributed by atoms with E-state index in [2.05, 4.69) is 49.4 Å². The molecule has 0 saturated carbocycles. The number of unbranched alkanes of at least 4 members (excludes halogenated alkanes) is 1. The number of rotatable bonds is 10. The lowest BCUT2D eigenvalue weighted by Gasteiger charge is -2.18. The minimum atomic E-state index is -4.09. The van der Waals surface area contributed by atoms with Gasteiger partial charge in [-0.3, -0.25) is 4.55 Å². The highest BCUT2D eigenvalue weighted by molar-refractivity contribution is 7.85. The Morgan fingerprint density at radius 2 is 1.48 bits per heavy atom. The molecule has 0 spiro atoms. The Labute approximate surface area is 246 Å². The topological polar surface area (TPSA) is 80.0 Å². The van der Waals surface area contributed by atoms with E-state index in [4.69, 9.17) is 9.15 Å². The minimum absolute atomic E-state index is 0.234. The van der Waals surface area contributed by atoms with Crippen molar-refractivity contribution in [3.05, 3.63) is 114 Å². The van der Waals surface area contributed by atoms with Gasteiger partial charge in [0.15, 0.2) is 5.75 Å². The second-order valence-corrected chi connectivity index (χ2v) is 12.1. The van der Waals surface area contributed by atoms with Crippen LogP contribution in [0.25, 0.3) is 39.3 Å². The summed E-state index contributed by atoms with van der Waals surface area (Å²) in [6, 6.07) is 32.7. The van der Waals surface area contributed by atoms with Crippen molar-refractivity contribution >= 4 is 32.9 Å². The van der Waals surface area contributed by atoms with Gasteiger partial charge in [-0.05, 0) is 65.8 Å². The van der Waals surface area contributed by atoms with Crippen molar-refractivity contribution in [2.45, 2.75) is 32.6 Å². The van der Waals surface area contributed by atoms with Crippen LogP contribution < -0.4 is 9.64 Å². The lowest BCUT2D eigenvalue weighted by molar-refractivity contribution is 0.440. The number of ether oxygens (including phenoxy) is 1. The van der Waals surface area contributed by atoms with Gasteiger partial charge in [0.2, 0.25) is 5.88 Å². The first kappa shape index (κ1) is 27.8. The van der Waals surface area contributed by atoms with Crippen LogP contribution in [0.3, 0.4) is 0 Å². The van der Waals surface area contributed by atoms with Crippen LogP contribution in [0.2, 0.25) is 0 Å². The zero-order chi connectivity index (χ0) is 29.1. The Bertz CT molecular complexity index is 1840. The number of furan rings is 1. The molecule has 7 heteroatoms. The molecule has 0 radical (unpaired) electrons. The van der Waals surface area contributed by atoms with Gasteiger partial charge in [-0.15, -0.1) is 0 Å². The quantitative estimate of drug-likeness (QED) is 0.167. The molecule has 1 N–H and O–H groups in total. The van der Waals surface area contributed by atoms with Crippen molar-refractivity contribution in [1.82, 2.24) is 0 Å². The molecule has 6 rings (SSSR count). The summed E-state index contributed by atoms with van der Waals surface area (Å²) in [6.07, 6.45) is 5.07. The average Bonchev–Trinajstić information content (AvgIpc) is 3.52. The van der Waals surface area contributed by atoms with Crippen LogP contribution in [0, 0.1) is 0 Å². The molecule has 0 fully saturated rings. The number of benzene rings is 4. The lowest BCUT2D eigenvalue weighted by Crippen LogP contribution is -2.23. The fraction of sp³-hybridized carbons (Fsp3) is 0.200. The van der Waals surface area contributed by atoms with E-state index in [1.165, 1.54) is 0 Å². The first-order valence-corrected chi connectivity index (χ1v) is 15.9. The van der Waals surface area contributed by atoms with Crippen LogP contribution >= 0.6 is 0 Å². The molecule has 0 atom stereocenters. The van der Waals surface area contributed by atoms with Crippen LogP contribution in [0.15, 0.2) is 107 Å². The van der Waals surface area contributed by atoms with Crippen molar-refractivity contribution in [3.63, 3.8) is 0 Å². The maximum absolute atomic E-state index is 11.5.